The summed E-state index contributed by atoms with van der Waals surface area (Å²) in [5.41, 5.74) is 1.54. The van der Waals surface area contributed by atoms with Gasteiger partial charge in [0.15, 0.2) is 0 Å². The summed E-state index contributed by atoms with van der Waals surface area (Å²) in [4.78, 5) is 2.70. The number of thiophene rings is 1. The van der Waals surface area contributed by atoms with Crippen LogP contribution in [0.25, 0.3) is 10.1 Å². The van der Waals surface area contributed by atoms with Crippen LogP contribution in [0.15, 0.2) is 29.6 Å². The monoisotopic (exact) mass is 288 g/mol. The summed E-state index contributed by atoms with van der Waals surface area (Å²) in [7, 11) is 2.05. The Labute approximate surface area is 125 Å². The zero-order valence-electron chi connectivity index (χ0n) is 12.3. The molecule has 108 valence electrons. The molecule has 0 spiro atoms. The van der Waals surface area contributed by atoms with Crippen LogP contribution in [0, 0.1) is 0 Å². The average molecular weight is 288 g/mol. The third-order valence-electron chi connectivity index (χ3n) is 4.37. The molecule has 1 N–H and O–H groups in total. The lowest BCUT2D eigenvalue weighted by molar-refractivity contribution is 0.157. The van der Waals surface area contributed by atoms with Gasteiger partial charge in [-0.3, -0.25) is 4.90 Å². The molecular weight excluding hydrogens is 264 g/mol. The Balaban J connectivity index is 1.90. The molecule has 20 heavy (non-hydrogen) atoms. The zero-order valence-corrected chi connectivity index (χ0v) is 13.1. The fourth-order valence-electron chi connectivity index (χ4n) is 3.30. The minimum absolute atomic E-state index is 0.582. The fraction of sp³-hybridized carbons (Fsp3) is 0.529. The minimum Gasteiger partial charge on any atom is -0.320 e. The number of hydrogen-bond donors (Lipinski definition) is 1. The standard InChI is InChI=1S/C17H24N2S/c1-18-10-9-16(19-11-5-2-6-12-19)15-13-20-17-8-4-3-7-14(15)17/h3-4,7-8,13,16,18H,2,5-6,9-12H2,1H3. The van der Waals surface area contributed by atoms with E-state index in [4.69, 9.17) is 0 Å². The molecular formula is C17H24N2S. The Bertz CT molecular complexity index is 543. The summed E-state index contributed by atoms with van der Waals surface area (Å²) in [6, 6.07) is 9.43. The minimum atomic E-state index is 0.582. The maximum atomic E-state index is 3.32. The van der Waals surface area contributed by atoms with Crippen LogP contribution < -0.4 is 5.32 Å². The number of fused-ring (bicyclic) bond motifs is 1. The quantitative estimate of drug-likeness (QED) is 0.893. The summed E-state index contributed by atoms with van der Waals surface area (Å²) in [5, 5.41) is 7.17. The second kappa shape index (κ2) is 6.70. The lowest BCUT2D eigenvalue weighted by atomic mass is 9.98. The number of nitrogens with one attached hydrogen (secondary N) is 1. The molecule has 1 aromatic carbocycles. The largest absolute Gasteiger partial charge is 0.320 e. The molecule has 3 heteroatoms. The van der Waals surface area contributed by atoms with Crippen molar-refractivity contribution in [3.05, 3.63) is 35.2 Å². The van der Waals surface area contributed by atoms with Gasteiger partial charge >= 0.3 is 0 Å². The normalized spacial score (nSPS) is 18.4. The van der Waals surface area contributed by atoms with Crippen molar-refractivity contribution >= 4 is 21.4 Å². The van der Waals surface area contributed by atoms with Crippen molar-refractivity contribution in [2.75, 3.05) is 26.7 Å². The molecule has 2 aromatic rings. The first-order valence-corrected chi connectivity index (χ1v) is 8.63. The number of piperidine rings is 1. The molecule has 1 atom stereocenters. The second-order valence-corrected chi connectivity index (χ2v) is 6.60. The van der Waals surface area contributed by atoms with E-state index < -0.39 is 0 Å². The predicted molar refractivity (Wildman–Crippen MR) is 88.5 cm³/mol. The molecule has 1 fully saturated rings. The van der Waals surface area contributed by atoms with Gasteiger partial charge in [0.05, 0.1) is 0 Å². The van der Waals surface area contributed by atoms with E-state index in [1.54, 1.807) is 5.56 Å². The summed E-state index contributed by atoms with van der Waals surface area (Å²) < 4.78 is 1.42. The molecule has 0 aliphatic carbocycles. The van der Waals surface area contributed by atoms with Gasteiger partial charge in [-0.05, 0) is 68.3 Å². The molecule has 1 unspecified atom stereocenters. The van der Waals surface area contributed by atoms with Gasteiger partial charge < -0.3 is 5.32 Å². The van der Waals surface area contributed by atoms with Crippen LogP contribution in [0.3, 0.4) is 0 Å². The molecule has 0 amide bonds. The van der Waals surface area contributed by atoms with Crippen molar-refractivity contribution in [3.8, 4) is 0 Å². The Hall–Kier alpha value is -0.900. The number of benzene rings is 1. The summed E-state index contributed by atoms with van der Waals surface area (Å²) in [6.45, 7) is 3.61. The van der Waals surface area contributed by atoms with Crippen LogP contribution in [-0.2, 0) is 0 Å². The highest BCUT2D eigenvalue weighted by molar-refractivity contribution is 7.17. The molecule has 0 saturated carbocycles. The van der Waals surface area contributed by atoms with Crippen molar-refractivity contribution in [1.29, 1.82) is 0 Å². The van der Waals surface area contributed by atoms with Crippen LogP contribution >= 0.6 is 11.3 Å². The number of nitrogens with zero attached hydrogens (tertiary/aromatic N) is 1. The molecule has 3 rings (SSSR count). The first-order chi connectivity index (χ1) is 9.90. The third kappa shape index (κ3) is 2.90. The number of hydrogen-bond acceptors (Lipinski definition) is 3. The van der Waals surface area contributed by atoms with Crippen LogP contribution in [0.5, 0.6) is 0 Å². The van der Waals surface area contributed by atoms with Gasteiger partial charge in [0.1, 0.15) is 0 Å². The highest BCUT2D eigenvalue weighted by Crippen LogP contribution is 2.35. The third-order valence-corrected chi connectivity index (χ3v) is 5.35. The van der Waals surface area contributed by atoms with Crippen molar-refractivity contribution < 1.29 is 0 Å². The summed E-state index contributed by atoms with van der Waals surface area (Å²) in [5.74, 6) is 0. The summed E-state index contributed by atoms with van der Waals surface area (Å²) >= 11 is 1.89. The second-order valence-electron chi connectivity index (χ2n) is 5.69. The van der Waals surface area contributed by atoms with Gasteiger partial charge in [-0.15, -0.1) is 11.3 Å². The van der Waals surface area contributed by atoms with E-state index in [2.05, 4.69) is 46.9 Å². The van der Waals surface area contributed by atoms with Crippen molar-refractivity contribution in [2.24, 2.45) is 0 Å². The van der Waals surface area contributed by atoms with Crippen molar-refractivity contribution in [2.45, 2.75) is 31.7 Å². The van der Waals surface area contributed by atoms with E-state index in [9.17, 15) is 0 Å². The molecule has 0 radical (unpaired) electrons. The van der Waals surface area contributed by atoms with E-state index in [0.29, 0.717) is 6.04 Å². The van der Waals surface area contributed by atoms with Gasteiger partial charge in [0.2, 0.25) is 0 Å². The van der Waals surface area contributed by atoms with Crippen LogP contribution in [-0.4, -0.2) is 31.6 Å². The van der Waals surface area contributed by atoms with Gasteiger partial charge in [0.25, 0.3) is 0 Å². The van der Waals surface area contributed by atoms with Gasteiger partial charge in [-0.25, -0.2) is 0 Å². The highest BCUT2D eigenvalue weighted by atomic mass is 32.1. The van der Waals surface area contributed by atoms with Crippen LogP contribution in [0.4, 0.5) is 0 Å². The Kier molecular flexibility index (Phi) is 4.71. The molecule has 0 bridgehead atoms. The molecule has 1 saturated heterocycles. The van der Waals surface area contributed by atoms with E-state index in [0.717, 1.165) is 6.54 Å². The molecule has 2 nitrogen and oxygen atoms in total. The Morgan fingerprint density at radius 1 is 1.20 bits per heavy atom. The van der Waals surface area contributed by atoms with E-state index in [-0.39, 0.29) is 0 Å². The first-order valence-electron chi connectivity index (χ1n) is 7.75. The van der Waals surface area contributed by atoms with Crippen LogP contribution in [0.2, 0.25) is 0 Å². The molecule has 1 aliphatic heterocycles. The first kappa shape index (κ1) is 14.1. The van der Waals surface area contributed by atoms with Gasteiger partial charge in [-0.1, -0.05) is 24.6 Å². The van der Waals surface area contributed by atoms with Crippen LogP contribution in [0.1, 0.15) is 37.3 Å². The summed E-state index contributed by atoms with van der Waals surface area (Å²) in [6.07, 6.45) is 5.33. The Morgan fingerprint density at radius 3 is 2.80 bits per heavy atom. The zero-order chi connectivity index (χ0) is 13.8. The van der Waals surface area contributed by atoms with E-state index in [1.807, 2.05) is 11.3 Å². The topological polar surface area (TPSA) is 15.3 Å². The van der Waals surface area contributed by atoms with Gasteiger partial charge in [-0.2, -0.15) is 0 Å². The maximum Gasteiger partial charge on any atom is 0.0374 e. The Morgan fingerprint density at radius 2 is 2.00 bits per heavy atom. The van der Waals surface area contributed by atoms with E-state index in [1.165, 1.54) is 48.9 Å². The average Bonchev–Trinajstić information content (AvgIpc) is 2.93. The number of rotatable bonds is 5. The molecule has 1 aliphatic rings. The number of likely N-dealkylation sites (tertiary alicyclic amines) is 1. The molecule has 1 aromatic heterocycles. The fourth-order valence-corrected chi connectivity index (χ4v) is 4.31. The van der Waals surface area contributed by atoms with Crippen molar-refractivity contribution in [3.63, 3.8) is 0 Å². The maximum absolute atomic E-state index is 3.32. The van der Waals surface area contributed by atoms with Crippen molar-refractivity contribution in [1.82, 2.24) is 10.2 Å². The smallest absolute Gasteiger partial charge is 0.0374 e. The highest BCUT2D eigenvalue weighted by Gasteiger charge is 2.23. The lowest BCUT2D eigenvalue weighted by Gasteiger charge is -2.34. The van der Waals surface area contributed by atoms with E-state index >= 15 is 0 Å². The molecule has 2 heterocycles. The predicted octanol–water partition coefficient (Wildman–Crippen LogP) is 4.04. The lowest BCUT2D eigenvalue weighted by Crippen LogP contribution is -2.35. The SMILES string of the molecule is CNCCC(c1csc2ccccc12)N1CCCCC1. The van der Waals surface area contributed by atoms with Gasteiger partial charge in [0, 0.05) is 10.7 Å².